The van der Waals surface area contributed by atoms with Crippen molar-refractivity contribution in [2.75, 3.05) is 6.61 Å². The van der Waals surface area contributed by atoms with Crippen molar-refractivity contribution in [1.82, 2.24) is 5.32 Å². The second-order valence-electron chi connectivity index (χ2n) is 4.62. The summed E-state index contributed by atoms with van der Waals surface area (Å²) in [5.74, 6) is -0.854. The Morgan fingerprint density at radius 2 is 2.10 bits per heavy atom. The molecule has 1 fully saturated rings. The maximum absolute atomic E-state index is 12.8. The maximum atomic E-state index is 12.8. The fourth-order valence-corrected chi connectivity index (χ4v) is 1.66. The summed E-state index contributed by atoms with van der Waals surface area (Å²) < 4.78 is 43.5. The summed E-state index contributed by atoms with van der Waals surface area (Å²) in [6, 6.07) is 3.38. The van der Waals surface area contributed by atoms with Crippen LogP contribution in [-0.2, 0) is 17.6 Å². The molecule has 0 bridgehead atoms. The zero-order chi connectivity index (χ0) is 14.8. The summed E-state index contributed by atoms with van der Waals surface area (Å²) in [5.41, 5.74) is -0.865. The predicted octanol–water partition coefficient (Wildman–Crippen LogP) is 1.86. The molecule has 0 heterocycles. The molecule has 1 aromatic carbocycles. The lowest BCUT2D eigenvalue weighted by atomic mass is 10.1. The molecule has 0 radical (unpaired) electrons. The lowest BCUT2D eigenvalue weighted by Gasteiger charge is -2.14. The molecule has 0 atom stereocenters. The molecule has 1 aliphatic rings. The highest BCUT2D eigenvalue weighted by Gasteiger charge is 2.35. The maximum Gasteiger partial charge on any atom is 0.419 e. The van der Waals surface area contributed by atoms with E-state index < -0.39 is 36.6 Å². The molecule has 0 spiro atoms. The van der Waals surface area contributed by atoms with Crippen LogP contribution in [0.4, 0.5) is 13.2 Å². The van der Waals surface area contributed by atoms with E-state index in [1.165, 1.54) is 6.07 Å². The molecule has 0 unspecified atom stereocenters. The zero-order valence-corrected chi connectivity index (χ0v) is 10.5. The number of benzene rings is 1. The number of carbonyl (C=O) groups is 1. The van der Waals surface area contributed by atoms with Crippen molar-refractivity contribution in [3.05, 3.63) is 29.3 Å². The molecule has 0 aromatic heterocycles. The Hall–Kier alpha value is -1.76. The van der Waals surface area contributed by atoms with Gasteiger partial charge in [0.05, 0.1) is 12.2 Å². The van der Waals surface area contributed by atoms with E-state index in [9.17, 15) is 18.0 Å². The molecule has 20 heavy (non-hydrogen) atoms. The molecule has 2 N–H and O–H groups in total. The quantitative estimate of drug-likeness (QED) is 0.870. The third-order valence-corrected chi connectivity index (χ3v) is 2.83. The van der Waals surface area contributed by atoms with Gasteiger partial charge >= 0.3 is 6.18 Å². The molecule has 1 saturated carbocycles. The minimum atomic E-state index is -4.60. The molecule has 2 rings (SSSR count). The van der Waals surface area contributed by atoms with E-state index in [-0.39, 0.29) is 11.6 Å². The van der Waals surface area contributed by atoms with Gasteiger partial charge in [-0.1, -0.05) is 6.07 Å². The summed E-state index contributed by atoms with van der Waals surface area (Å²) in [4.78, 5) is 11.4. The number of halogens is 3. The van der Waals surface area contributed by atoms with E-state index in [0.717, 1.165) is 25.0 Å². The molecule has 1 aliphatic carbocycles. The summed E-state index contributed by atoms with van der Waals surface area (Å²) in [7, 11) is 0. The summed E-state index contributed by atoms with van der Waals surface area (Å²) in [6.07, 6.45) is -2.82. The highest BCUT2D eigenvalue weighted by molar-refractivity contribution is 5.78. The van der Waals surface area contributed by atoms with Gasteiger partial charge in [0.15, 0.2) is 6.61 Å². The largest absolute Gasteiger partial charge is 0.483 e. The number of hydrogen-bond donors (Lipinski definition) is 2. The Balaban J connectivity index is 2.07. The van der Waals surface area contributed by atoms with Crippen LogP contribution in [0.1, 0.15) is 24.0 Å². The highest BCUT2D eigenvalue weighted by atomic mass is 19.4. The van der Waals surface area contributed by atoms with Crippen LogP contribution < -0.4 is 10.1 Å². The lowest BCUT2D eigenvalue weighted by Crippen LogP contribution is -2.30. The topological polar surface area (TPSA) is 58.6 Å². The minimum absolute atomic E-state index is 0.130. The van der Waals surface area contributed by atoms with Gasteiger partial charge in [-0.25, -0.2) is 0 Å². The third-order valence-electron chi connectivity index (χ3n) is 2.83. The van der Waals surface area contributed by atoms with Crippen LogP contribution in [-0.4, -0.2) is 23.7 Å². The molecule has 0 saturated heterocycles. The van der Waals surface area contributed by atoms with Crippen LogP contribution >= 0.6 is 0 Å². The number of amides is 1. The number of ether oxygens (including phenoxy) is 1. The van der Waals surface area contributed by atoms with Gasteiger partial charge in [0, 0.05) is 6.04 Å². The van der Waals surface area contributed by atoms with Gasteiger partial charge in [0.25, 0.3) is 5.91 Å². The van der Waals surface area contributed by atoms with Crippen molar-refractivity contribution < 1.29 is 27.8 Å². The van der Waals surface area contributed by atoms with E-state index >= 15 is 0 Å². The van der Waals surface area contributed by atoms with E-state index in [1.807, 2.05) is 0 Å². The first-order chi connectivity index (χ1) is 9.40. The Bertz CT molecular complexity index is 498. The molecule has 7 heteroatoms. The number of rotatable bonds is 5. The number of hydrogen-bond acceptors (Lipinski definition) is 3. The highest BCUT2D eigenvalue weighted by Crippen LogP contribution is 2.36. The lowest BCUT2D eigenvalue weighted by molar-refractivity contribution is -0.139. The van der Waals surface area contributed by atoms with Gasteiger partial charge in [-0.15, -0.1) is 0 Å². The summed E-state index contributed by atoms with van der Waals surface area (Å²) in [6.45, 7) is -0.955. The fraction of sp³-hybridized carbons (Fsp3) is 0.462. The molecule has 1 amide bonds. The fourth-order valence-electron chi connectivity index (χ4n) is 1.66. The Morgan fingerprint density at radius 3 is 2.65 bits per heavy atom. The average Bonchev–Trinajstić information content (AvgIpc) is 3.19. The van der Waals surface area contributed by atoms with Crippen LogP contribution in [0.2, 0.25) is 0 Å². The van der Waals surface area contributed by atoms with Gasteiger partial charge in [-0.3, -0.25) is 4.79 Å². The van der Waals surface area contributed by atoms with Crippen LogP contribution in [0.25, 0.3) is 0 Å². The van der Waals surface area contributed by atoms with Crippen molar-refractivity contribution in [1.29, 1.82) is 0 Å². The van der Waals surface area contributed by atoms with Crippen LogP contribution in [0.15, 0.2) is 18.2 Å². The second-order valence-corrected chi connectivity index (χ2v) is 4.62. The second kappa shape index (κ2) is 5.70. The van der Waals surface area contributed by atoms with Gasteiger partial charge < -0.3 is 15.2 Å². The van der Waals surface area contributed by atoms with Crippen LogP contribution in [0.3, 0.4) is 0 Å². The first-order valence-electron chi connectivity index (χ1n) is 6.13. The SMILES string of the molecule is O=C(COc1ccc(CO)cc1C(F)(F)F)NC1CC1. The first kappa shape index (κ1) is 14.6. The number of aliphatic hydroxyl groups is 1. The van der Waals surface area contributed by atoms with Crippen LogP contribution in [0, 0.1) is 0 Å². The number of alkyl halides is 3. The van der Waals surface area contributed by atoms with E-state index in [2.05, 4.69) is 5.32 Å². The minimum Gasteiger partial charge on any atom is -0.483 e. The van der Waals surface area contributed by atoms with Crippen molar-refractivity contribution >= 4 is 5.91 Å². The monoisotopic (exact) mass is 289 g/mol. The Kier molecular flexibility index (Phi) is 4.17. The Morgan fingerprint density at radius 1 is 1.40 bits per heavy atom. The molecular formula is C13H14F3NO3. The van der Waals surface area contributed by atoms with Crippen molar-refractivity contribution in [2.24, 2.45) is 0 Å². The Labute approximate surface area is 113 Å². The van der Waals surface area contributed by atoms with Gasteiger partial charge in [0.2, 0.25) is 0 Å². The van der Waals surface area contributed by atoms with Crippen molar-refractivity contribution in [2.45, 2.75) is 31.7 Å². The van der Waals surface area contributed by atoms with E-state index in [0.29, 0.717) is 0 Å². The van der Waals surface area contributed by atoms with Gasteiger partial charge in [-0.2, -0.15) is 13.2 Å². The van der Waals surface area contributed by atoms with Crippen molar-refractivity contribution in [3.8, 4) is 5.75 Å². The number of aliphatic hydroxyl groups excluding tert-OH is 1. The predicted molar refractivity (Wildman–Crippen MR) is 64.0 cm³/mol. The van der Waals surface area contributed by atoms with Gasteiger partial charge in [-0.05, 0) is 30.5 Å². The third kappa shape index (κ3) is 3.86. The zero-order valence-electron chi connectivity index (χ0n) is 10.5. The first-order valence-corrected chi connectivity index (χ1v) is 6.13. The molecule has 4 nitrogen and oxygen atoms in total. The number of nitrogens with one attached hydrogen (secondary N) is 1. The molecule has 0 aliphatic heterocycles. The summed E-state index contributed by atoms with van der Waals surface area (Å²) >= 11 is 0. The van der Waals surface area contributed by atoms with Crippen LogP contribution in [0.5, 0.6) is 5.75 Å². The molecule has 110 valence electrons. The van der Waals surface area contributed by atoms with Gasteiger partial charge in [0.1, 0.15) is 5.75 Å². The summed E-state index contributed by atoms with van der Waals surface area (Å²) in [5, 5.41) is 11.5. The van der Waals surface area contributed by atoms with E-state index in [4.69, 9.17) is 9.84 Å². The van der Waals surface area contributed by atoms with Crippen molar-refractivity contribution in [3.63, 3.8) is 0 Å². The van der Waals surface area contributed by atoms with E-state index in [1.54, 1.807) is 0 Å². The normalized spacial score (nSPS) is 15.0. The standard InChI is InChI=1S/C13H14F3NO3/c14-13(15,16)10-5-8(6-18)1-4-11(10)20-7-12(19)17-9-2-3-9/h1,4-5,9,18H,2-3,6-7H2,(H,17,19). The number of carbonyl (C=O) groups excluding carboxylic acids is 1. The molecule has 1 aromatic rings. The smallest absolute Gasteiger partial charge is 0.419 e. The average molecular weight is 289 g/mol. The molecular weight excluding hydrogens is 275 g/mol.